The van der Waals surface area contributed by atoms with Crippen molar-refractivity contribution < 1.29 is 28.5 Å². The molecule has 0 atom stereocenters. The highest BCUT2D eigenvalue weighted by Gasteiger charge is 2.11. The second-order valence-corrected chi connectivity index (χ2v) is 6.57. The summed E-state index contributed by atoms with van der Waals surface area (Å²) in [5.41, 5.74) is 1.75. The van der Waals surface area contributed by atoms with E-state index in [-0.39, 0.29) is 11.9 Å². The van der Waals surface area contributed by atoms with Gasteiger partial charge in [-0.05, 0) is 81.4 Å². The molecule has 0 spiro atoms. The van der Waals surface area contributed by atoms with Gasteiger partial charge in [-0.15, -0.1) is 0 Å². The van der Waals surface area contributed by atoms with Crippen LogP contribution in [0, 0.1) is 6.92 Å². The van der Waals surface area contributed by atoms with E-state index in [0.717, 1.165) is 5.56 Å². The van der Waals surface area contributed by atoms with Crippen LogP contribution in [0.4, 0.5) is 0 Å². The normalized spacial score (nSPS) is 10.3. The van der Waals surface area contributed by atoms with E-state index < -0.39 is 0 Å². The molecule has 0 aromatic heterocycles. The number of carbonyl (C=O) groups excluding carboxylic acids is 2. The van der Waals surface area contributed by atoms with Gasteiger partial charge in [0, 0.05) is 5.56 Å². The molecule has 31 heavy (non-hydrogen) atoms. The van der Waals surface area contributed by atoms with Crippen molar-refractivity contribution in [2.75, 3.05) is 13.2 Å². The largest absolute Gasteiger partial charge is 0.462 e. The first kappa shape index (κ1) is 21.9. The molecule has 0 bridgehead atoms. The summed E-state index contributed by atoms with van der Waals surface area (Å²) in [5, 5.41) is 0. The fourth-order valence-corrected chi connectivity index (χ4v) is 2.82. The van der Waals surface area contributed by atoms with E-state index in [4.69, 9.17) is 18.9 Å². The molecule has 0 aliphatic rings. The Morgan fingerprint density at radius 2 is 1.03 bits per heavy atom. The maximum atomic E-state index is 11.8. The third-order valence-corrected chi connectivity index (χ3v) is 4.42. The summed E-state index contributed by atoms with van der Waals surface area (Å²) < 4.78 is 21.9. The summed E-state index contributed by atoms with van der Waals surface area (Å²) in [7, 11) is 0. The van der Waals surface area contributed by atoms with Gasteiger partial charge in [0.1, 0.15) is 23.0 Å². The fourth-order valence-electron chi connectivity index (χ4n) is 2.82. The molecule has 0 heterocycles. The van der Waals surface area contributed by atoms with Crippen molar-refractivity contribution in [3.8, 4) is 23.0 Å². The average Bonchev–Trinajstić information content (AvgIpc) is 2.78. The Bertz CT molecular complexity index is 957. The molecule has 3 aromatic carbocycles. The Labute approximate surface area is 181 Å². The number of rotatable bonds is 8. The van der Waals surface area contributed by atoms with Crippen LogP contribution in [0.1, 0.15) is 40.1 Å². The highest BCUT2D eigenvalue weighted by molar-refractivity contribution is 5.90. The molecule has 6 nitrogen and oxygen atoms in total. The van der Waals surface area contributed by atoms with E-state index in [1.54, 1.807) is 62.4 Å². The number of carbonyl (C=O) groups is 2. The second kappa shape index (κ2) is 10.3. The maximum absolute atomic E-state index is 11.8. The summed E-state index contributed by atoms with van der Waals surface area (Å²) in [6, 6.07) is 19.0. The van der Waals surface area contributed by atoms with Crippen molar-refractivity contribution in [1.29, 1.82) is 0 Å². The SMILES string of the molecule is CCOC(=O)c1ccc(Oc2cccc(Oc3ccc(C(=O)OCC)cc3)c2C)cc1. The number of ether oxygens (including phenoxy) is 4. The van der Waals surface area contributed by atoms with E-state index in [1.165, 1.54) is 0 Å². The van der Waals surface area contributed by atoms with Crippen LogP contribution >= 0.6 is 0 Å². The molecule has 0 saturated carbocycles. The number of hydrogen-bond acceptors (Lipinski definition) is 6. The summed E-state index contributed by atoms with van der Waals surface area (Å²) in [5.74, 6) is 1.71. The highest BCUT2D eigenvalue weighted by Crippen LogP contribution is 2.34. The predicted octanol–water partition coefficient (Wildman–Crippen LogP) is 5.93. The lowest BCUT2D eigenvalue weighted by Gasteiger charge is -2.14. The van der Waals surface area contributed by atoms with Crippen molar-refractivity contribution in [3.05, 3.63) is 83.4 Å². The molecule has 0 aliphatic heterocycles. The van der Waals surface area contributed by atoms with Crippen LogP contribution in [0.15, 0.2) is 66.7 Å². The minimum Gasteiger partial charge on any atom is -0.462 e. The first-order valence-electron chi connectivity index (χ1n) is 10.0. The van der Waals surface area contributed by atoms with Crippen molar-refractivity contribution >= 4 is 11.9 Å². The standard InChI is InChI=1S/C25H24O6/c1-4-28-24(26)18-9-13-20(14-10-18)30-22-7-6-8-23(17(22)3)31-21-15-11-19(12-16-21)25(27)29-5-2/h6-16H,4-5H2,1-3H3. The van der Waals surface area contributed by atoms with E-state index in [9.17, 15) is 9.59 Å². The lowest BCUT2D eigenvalue weighted by molar-refractivity contribution is 0.0516. The van der Waals surface area contributed by atoms with Gasteiger partial charge in [0.05, 0.1) is 24.3 Å². The van der Waals surface area contributed by atoms with E-state index >= 15 is 0 Å². The van der Waals surface area contributed by atoms with Crippen molar-refractivity contribution in [2.45, 2.75) is 20.8 Å². The van der Waals surface area contributed by atoms with Gasteiger partial charge in [-0.2, -0.15) is 0 Å². The third kappa shape index (κ3) is 5.63. The minimum atomic E-state index is -0.366. The Kier molecular flexibility index (Phi) is 7.27. The van der Waals surface area contributed by atoms with Gasteiger partial charge < -0.3 is 18.9 Å². The lowest BCUT2D eigenvalue weighted by atomic mass is 10.2. The van der Waals surface area contributed by atoms with Gasteiger partial charge in [0.15, 0.2) is 0 Å². The zero-order chi connectivity index (χ0) is 22.2. The Hall–Kier alpha value is -3.80. The molecule has 3 aromatic rings. The van der Waals surface area contributed by atoms with E-state index in [1.807, 2.05) is 25.1 Å². The van der Waals surface area contributed by atoms with Crippen LogP contribution in [-0.2, 0) is 9.47 Å². The Morgan fingerprint density at radius 3 is 1.39 bits per heavy atom. The van der Waals surface area contributed by atoms with Crippen molar-refractivity contribution in [3.63, 3.8) is 0 Å². The molecule has 6 heteroatoms. The number of hydrogen-bond donors (Lipinski definition) is 0. The van der Waals surface area contributed by atoms with Crippen LogP contribution in [-0.4, -0.2) is 25.2 Å². The first-order chi connectivity index (χ1) is 15.0. The predicted molar refractivity (Wildman–Crippen MR) is 116 cm³/mol. The molecule has 0 aliphatic carbocycles. The minimum absolute atomic E-state index is 0.328. The molecule has 0 amide bonds. The Morgan fingerprint density at radius 1 is 0.645 bits per heavy atom. The monoisotopic (exact) mass is 420 g/mol. The number of esters is 2. The lowest BCUT2D eigenvalue weighted by Crippen LogP contribution is -2.04. The van der Waals surface area contributed by atoms with Gasteiger partial charge in [-0.1, -0.05) is 6.07 Å². The summed E-state index contributed by atoms with van der Waals surface area (Å²) >= 11 is 0. The van der Waals surface area contributed by atoms with Crippen LogP contribution < -0.4 is 9.47 Å². The van der Waals surface area contributed by atoms with E-state index in [0.29, 0.717) is 47.3 Å². The average molecular weight is 420 g/mol. The van der Waals surface area contributed by atoms with Crippen molar-refractivity contribution in [2.24, 2.45) is 0 Å². The van der Waals surface area contributed by atoms with Gasteiger partial charge >= 0.3 is 11.9 Å². The Balaban J connectivity index is 1.71. The van der Waals surface area contributed by atoms with Gasteiger partial charge in [-0.3, -0.25) is 0 Å². The highest BCUT2D eigenvalue weighted by atomic mass is 16.5. The van der Waals surface area contributed by atoms with Crippen LogP contribution in [0.25, 0.3) is 0 Å². The molecule has 0 radical (unpaired) electrons. The maximum Gasteiger partial charge on any atom is 0.338 e. The van der Waals surface area contributed by atoms with Gasteiger partial charge in [-0.25, -0.2) is 9.59 Å². The first-order valence-corrected chi connectivity index (χ1v) is 10.0. The van der Waals surface area contributed by atoms with Crippen LogP contribution in [0.3, 0.4) is 0 Å². The molecule has 0 unspecified atom stereocenters. The third-order valence-electron chi connectivity index (χ3n) is 4.42. The topological polar surface area (TPSA) is 71.1 Å². The zero-order valence-corrected chi connectivity index (χ0v) is 17.7. The molecular formula is C25H24O6. The molecule has 0 N–H and O–H groups in total. The van der Waals surface area contributed by atoms with E-state index in [2.05, 4.69) is 0 Å². The fraction of sp³-hybridized carbons (Fsp3) is 0.200. The molecule has 0 fully saturated rings. The number of benzene rings is 3. The molecule has 3 rings (SSSR count). The summed E-state index contributed by atoms with van der Waals surface area (Å²) in [6.45, 7) is 6.08. The molecule has 160 valence electrons. The quantitative estimate of drug-likeness (QED) is 0.421. The van der Waals surface area contributed by atoms with Crippen molar-refractivity contribution in [1.82, 2.24) is 0 Å². The van der Waals surface area contributed by atoms with Gasteiger partial charge in [0.2, 0.25) is 0 Å². The smallest absolute Gasteiger partial charge is 0.338 e. The van der Waals surface area contributed by atoms with Gasteiger partial charge in [0.25, 0.3) is 0 Å². The summed E-state index contributed by atoms with van der Waals surface area (Å²) in [6.07, 6.45) is 0. The second-order valence-electron chi connectivity index (χ2n) is 6.57. The molecular weight excluding hydrogens is 396 g/mol. The molecule has 0 saturated heterocycles. The summed E-state index contributed by atoms with van der Waals surface area (Å²) in [4.78, 5) is 23.5. The van der Waals surface area contributed by atoms with Crippen LogP contribution in [0.5, 0.6) is 23.0 Å². The zero-order valence-electron chi connectivity index (χ0n) is 17.7. The van der Waals surface area contributed by atoms with Crippen LogP contribution in [0.2, 0.25) is 0 Å².